The average Bonchev–Trinajstić information content (AvgIpc) is 2.54. The Labute approximate surface area is 133 Å². The van der Waals surface area contributed by atoms with Gasteiger partial charge in [-0.25, -0.2) is 0 Å². The first-order chi connectivity index (χ1) is 10.5. The molecule has 5 heteroatoms. The van der Waals surface area contributed by atoms with Crippen molar-refractivity contribution in [1.29, 1.82) is 0 Å². The van der Waals surface area contributed by atoms with Gasteiger partial charge in [0.1, 0.15) is 0 Å². The molecule has 22 heavy (non-hydrogen) atoms. The van der Waals surface area contributed by atoms with Crippen LogP contribution in [0.1, 0.15) is 15.9 Å². The van der Waals surface area contributed by atoms with Crippen LogP contribution in [0.4, 0.5) is 5.69 Å². The first-order valence-electron chi connectivity index (χ1n) is 6.64. The number of nitrogens with one attached hydrogen (secondary N) is 1. The van der Waals surface area contributed by atoms with Crippen molar-refractivity contribution in [3.05, 3.63) is 65.7 Å². The molecular formula is C17H14ClNO3. The molecule has 0 fully saturated rings. The number of aryl methyl sites for hydroxylation is 1. The smallest absolute Gasteiger partial charge is 0.293 e. The second-order valence-electron chi connectivity index (χ2n) is 4.78. The molecule has 0 saturated carbocycles. The summed E-state index contributed by atoms with van der Waals surface area (Å²) < 4.78 is 0. The highest BCUT2D eigenvalue weighted by Gasteiger charge is 2.30. The van der Waals surface area contributed by atoms with Gasteiger partial charge in [0.15, 0.2) is 11.2 Å². The molecule has 2 rings (SSSR count). The number of para-hydroxylation sites is 1. The summed E-state index contributed by atoms with van der Waals surface area (Å²) in [7, 11) is 0. The molecule has 2 aromatic carbocycles. The lowest BCUT2D eigenvalue weighted by molar-refractivity contribution is -0.134. The lowest BCUT2D eigenvalue weighted by Gasteiger charge is -2.08. The van der Waals surface area contributed by atoms with E-state index in [1.807, 2.05) is 6.92 Å². The second kappa shape index (κ2) is 7.00. The maximum absolute atomic E-state index is 12.1. The van der Waals surface area contributed by atoms with E-state index in [-0.39, 0.29) is 0 Å². The molecule has 1 atom stereocenters. The average molecular weight is 316 g/mol. The maximum Gasteiger partial charge on any atom is 0.293 e. The van der Waals surface area contributed by atoms with E-state index in [0.717, 1.165) is 5.56 Å². The zero-order valence-corrected chi connectivity index (χ0v) is 12.6. The molecule has 0 bridgehead atoms. The number of alkyl halides is 1. The molecule has 2 aromatic rings. The number of Topliss-reactive ketones (excluding diaryl/α,β-unsaturated/α-hetero) is 2. The maximum atomic E-state index is 12.1. The quantitative estimate of drug-likeness (QED) is 0.399. The van der Waals surface area contributed by atoms with Crippen LogP contribution >= 0.6 is 11.6 Å². The molecule has 0 saturated heterocycles. The number of halogens is 1. The normalized spacial score (nSPS) is 11.5. The predicted molar refractivity (Wildman–Crippen MR) is 85.2 cm³/mol. The van der Waals surface area contributed by atoms with Crippen LogP contribution < -0.4 is 5.32 Å². The van der Waals surface area contributed by atoms with Crippen LogP contribution in [0.2, 0.25) is 0 Å². The van der Waals surface area contributed by atoms with Gasteiger partial charge in [-0.05, 0) is 19.1 Å². The number of amides is 1. The Hall–Kier alpha value is -2.46. The summed E-state index contributed by atoms with van der Waals surface area (Å²) in [5, 5.41) is 0.877. The summed E-state index contributed by atoms with van der Waals surface area (Å²) in [6, 6.07) is 15.1. The third-order valence-corrected chi connectivity index (χ3v) is 3.45. The molecule has 0 aliphatic rings. The summed E-state index contributed by atoms with van der Waals surface area (Å²) in [4.78, 5) is 35.9. The number of carbonyl (C=O) groups is 3. The molecule has 1 unspecified atom stereocenters. The van der Waals surface area contributed by atoms with E-state index < -0.39 is 22.9 Å². The fraction of sp³-hybridized carbons (Fsp3) is 0.118. The van der Waals surface area contributed by atoms with Crippen LogP contribution in [0.5, 0.6) is 0 Å². The van der Waals surface area contributed by atoms with Gasteiger partial charge in [0.05, 0.1) is 0 Å². The van der Waals surface area contributed by atoms with E-state index in [1.165, 1.54) is 0 Å². The minimum Gasteiger partial charge on any atom is -0.319 e. The van der Waals surface area contributed by atoms with E-state index in [2.05, 4.69) is 5.32 Å². The highest BCUT2D eigenvalue weighted by molar-refractivity contribution is 6.58. The number of hydrogen-bond donors (Lipinski definition) is 1. The van der Waals surface area contributed by atoms with E-state index in [1.54, 1.807) is 54.6 Å². The number of anilines is 1. The van der Waals surface area contributed by atoms with Crippen LogP contribution in [0, 0.1) is 6.92 Å². The molecule has 0 aliphatic carbocycles. The van der Waals surface area contributed by atoms with Crippen molar-refractivity contribution in [3.8, 4) is 0 Å². The molecule has 0 spiro atoms. The van der Waals surface area contributed by atoms with Gasteiger partial charge in [-0.1, -0.05) is 48.0 Å². The Kier molecular flexibility index (Phi) is 5.07. The molecule has 1 N–H and O–H groups in total. The molecular weight excluding hydrogens is 302 g/mol. The van der Waals surface area contributed by atoms with Crippen LogP contribution in [0.3, 0.4) is 0 Å². The standard InChI is InChI=1S/C17H14ClNO3/c1-11-7-9-12(10-8-11)15(20)14(18)16(21)17(22)19-13-5-3-2-4-6-13/h2-10,14H,1H3,(H,19,22). The Balaban J connectivity index is 2.06. The fourth-order valence-corrected chi connectivity index (χ4v) is 2.04. The minimum absolute atomic E-state index is 0.298. The summed E-state index contributed by atoms with van der Waals surface area (Å²) in [6.07, 6.45) is 0. The van der Waals surface area contributed by atoms with Crippen molar-refractivity contribution in [2.24, 2.45) is 0 Å². The number of benzene rings is 2. The Morgan fingerprint density at radius 2 is 1.55 bits per heavy atom. The van der Waals surface area contributed by atoms with Crippen molar-refractivity contribution in [3.63, 3.8) is 0 Å². The van der Waals surface area contributed by atoms with Crippen molar-refractivity contribution in [2.75, 3.05) is 5.32 Å². The second-order valence-corrected chi connectivity index (χ2v) is 5.21. The largest absolute Gasteiger partial charge is 0.319 e. The Morgan fingerprint density at radius 3 is 2.14 bits per heavy atom. The highest BCUT2D eigenvalue weighted by Crippen LogP contribution is 2.12. The fourth-order valence-electron chi connectivity index (χ4n) is 1.81. The van der Waals surface area contributed by atoms with Crippen LogP contribution in [-0.4, -0.2) is 22.9 Å². The van der Waals surface area contributed by atoms with Gasteiger partial charge >= 0.3 is 0 Å². The van der Waals surface area contributed by atoms with Gasteiger partial charge < -0.3 is 5.32 Å². The van der Waals surface area contributed by atoms with Gasteiger partial charge in [0, 0.05) is 11.3 Å². The van der Waals surface area contributed by atoms with Gasteiger partial charge in [-0.3, -0.25) is 14.4 Å². The number of ketones is 2. The molecule has 1 amide bonds. The van der Waals surface area contributed by atoms with Gasteiger partial charge in [0.25, 0.3) is 5.91 Å². The predicted octanol–water partition coefficient (Wildman–Crippen LogP) is 2.99. The number of carbonyl (C=O) groups excluding carboxylic acids is 3. The molecule has 4 nitrogen and oxygen atoms in total. The monoisotopic (exact) mass is 315 g/mol. The minimum atomic E-state index is -1.54. The third-order valence-electron chi connectivity index (χ3n) is 3.05. The third kappa shape index (κ3) is 3.80. The molecule has 0 radical (unpaired) electrons. The lowest BCUT2D eigenvalue weighted by Crippen LogP contribution is -2.35. The van der Waals surface area contributed by atoms with E-state index in [0.29, 0.717) is 11.3 Å². The zero-order chi connectivity index (χ0) is 16.1. The summed E-state index contributed by atoms with van der Waals surface area (Å²) >= 11 is 5.86. The van der Waals surface area contributed by atoms with Gasteiger partial charge in [-0.15, -0.1) is 11.6 Å². The lowest BCUT2D eigenvalue weighted by atomic mass is 10.0. The van der Waals surface area contributed by atoms with Crippen LogP contribution in [-0.2, 0) is 9.59 Å². The molecule has 112 valence electrons. The number of rotatable bonds is 5. The first kappa shape index (κ1) is 15.9. The van der Waals surface area contributed by atoms with E-state index in [9.17, 15) is 14.4 Å². The zero-order valence-electron chi connectivity index (χ0n) is 11.9. The first-order valence-corrected chi connectivity index (χ1v) is 7.08. The molecule has 0 aromatic heterocycles. The van der Waals surface area contributed by atoms with Crippen molar-refractivity contribution < 1.29 is 14.4 Å². The van der Waals surface area contributed by atoms with E-state index in [4.69, 9.17) is 11.6 Å². The van der Waals surface area contributed by atoms with E-state index >= 15 is 0 Å². The van der Waals surface area contributed by atoms with Gasteiger partial charge in [0.2, 0.25) is 5.78 Å². The number of hydrogen-bond acceptors (Lipinski definition) is 3. The van der Waals surface area contributed by atoms with Crippen molar-refractivity contribution in [2.45, 2.75) is 12.3 Å². The topological polar surface area (TPSA) is 63.2 Å². The summed E-state index contributed by atoms with van der Waals surface area (Å²) in [5.41, 5.74) is 1.75. The SMILES string of the molecule is Cc1ccc(C(=O)C(Cl)C(=O)C(=O)Nc2ccccc2)cc1. The Bertz CT molecular complexity index is 696. The van der Waals surface area contributed by atoms with Crippen LogP contribution in [0.15, 0.2) is 54.6 Å². The summed E-state index contributed by atoms with van der Waals surface area (Å²) in [5.74, 6) is -2.47. The summed E-state index contributed by atoms with van der Waals surface area (Å²) in [6.45, 7) is 1.88. The molecule has 0 heterocycles. The highest BCUT2D eigenvalue weighted by atomic mass is 35.5. The van der Waals surface area contributed by atoms with Crippen molar-refractivity contribution in [1.82, 2.24) is 0 Å². The van der Waals surface area contributed by atoms with Crippen LogP contribution in [0.25, 0.3) is 0 Å². The van der Waals surface area contributed by atoms with Crippen molar-refractivity contribution >= 4 is 34.8 Å². The van der Waals surface area contributed by atoms with Gasteiger partial charge in [-0.2, -0.15) is 0 Å². The molecule has 0 aliphatic heterocycles. The Morgan fingerprint density at radius 1 is 0.955 bits per heavy atom.